The Bertz CT molecular complexity index is 1190. The van der Waals surface area contributed by atoms with Crippen LogP contribution < -0.4 is 10.6 Å². The van der Waals surface area contributed by atoms with Crippen molar-refractivity contribution in [2.75, 3.05) is 26.2 Å². The Morgan fingerprint density at radius 2 is 0.957 bits per heavy atom. The van der Waals surface area contributed by atoms with Gasteiger partial charge in [-0.15, -0.1) is 0 Å². The number of nitrogens with one attached hydrogen (secondary N) is 2. The zero-order chi connectivity index (χ0) is 32.6. The van der Waals surface area contributed by atoms with Crippen LogP contribution in [0.15, 0.2) is 0 Å². The minimum atomic E-state index is -0.198. The van der Waals surface area contributed by atoms with Crippen molar-refractivity contribution < 1.29 is 9.59 Å². The fourth-order valence-corrected chi connectivity index (χ4v) is 14.4. The molecule has 0 aromatic heterocycles. The van der Waals surface area contributed by atoms with Gasteiger partial charge < -0.3 is 20.4 Å². The summed E-state index contributed by atoms with van der Waals surface area (Å²) in [5.41, 5.74) is 2.20. The van der Waals surface area contributed by atoms with Crippen molar-refractivity contribution >= 4 is 11.8 Å². The first-order chi connectivity index (χ1) is 21.7. The molecule has 46 heavy (non-hydrogen) atoms. The molecular formula is C38H58N6O2. The lowest BCUT2D eigenvalue weighted by Gasteiger charge is -2.65. The first-order valence-electron chi connectivity index (χ1n) is 18.6. The van der Waals surface area contributed by atoms with Gasteiger partial charge >= 0.3 is 0 Å². The Hall–Kier alpha value is -2.16. The number of likely N-dealkylation sites (tertiary alicyclic amines) is 2. The van der Waals surface area contributed by atoms with E-state index >= 15 is 0 Å². The van der Waals surface area contributed by atoms with E-state index in [2.05, 4.69) is 50.5 Å². The Morgan fingerprint density at radius 1 is 0.609 bits per heavy atom. The molecule has 4 unspecified atom stereocenters. The summed E-state index contributed by atoms with van der Waals surface area (Å²) in [7, 11) is 0. The number of rotatable bonds is 6. The van der Waals surface area contributed by atoms with Gasteiger partial charge in [-0.2, -0.15) is 10.5 Å². The van der Waals surface area contributed by atoms with Gasteiger partial charge in [0.05, 0.1) is 25.2 Å². The zero-order valence-electron chi connectivity index (χ0n) is 29.1. The van der Waals surface area contributed by atoms with Gasteiger partial charge in [-0.3, -0.25) is 9.59 Å². The van der Waals surface area contributed by atoms with Crippen molar-refractivity contribution in [1.29, 1.82) is 10.5 Å². The van der Waals surface area contributed by atoms with Gasteiger partial charge in [0.2, 0.25) is 11.8 Å². The monoisotopic (exact) mass is 630 g/mol. The van der Waals surface area contributed by atoms with Crippen molar-refractivity contribution in [1.82, 2.24) is 20.4 Å². The third-order valence-corrected chi connectivity index (χ3v) is 13.9. The Morgan fingerprint density at radius 3 is 1.26 bits per heavy atom. The summed E-state index contributed by atoms with van der Waals surface area (Å²) < 4.78 is 0. The lowest BCUT2D eigenvalue weighted by molar-refractivity contribution is -0.136. The van der Waals surface area contributed by atoms with Gasteiger partial charge in [0, 0.05) is 24.2 Å². The number of amides is 2. The molecule has 2 amide bonds. The molecule has 10 aliphatic rings. The van der Waals surface area contributed by atoms with Crippen LogP contribution in [-0.4, -0.2) is 71.0 Å². The molecule has 2 N–H and O–H groups in total. The maximum atomic E-state index is 12.6. The van der Waals surface area contributed by atoms with Crippen LogP contribution in [-0.2, 0) is 9.59 Å². The molecule has 8 nitrogen and oxygen atoms in total. The van der Waals surface area contributed by atoms with E-state index in [1.165, 1.54) is 77.0 Å². The Balaban J connectivity index is 0.000000147. The van der Waals surface area contributed by atoms with E-state index in [1.807, 2.05) is 0 Å². The summed E-state index contributed by atoms with van der Waals surface area (Å²) >= 11 is 0. The normalized spacial score (nSPS) is 47.8. The van der Waals surface area contributed by atoms with Gasteiger partial charge in [0.25, 0.3) is 0 Å². The van der Waals surface area contributed by atoms with Gasteiger partial charge in [-0.1, -0.05) is 27.7 Å². The number of carbonyl (C=O) groups excluding carboxylic acids is 2. The topological polar surface area (TPSA) is 112 Å². The smallest absolute Gasteiger partial charge is 0.237 e. The minimum absolute atomic E-state index is 0.125. The van der Waals surface area contributed by atoms with Crippen molar-refractivity contribution in [2.24, 2.45) is 33.5 Å². The van der Waals surface area contributed by atoms with Gasteiger partial charge in [0.1, 0.15) is 12.1 Å². The number of nitrogens with zero attached hydrogens (tertiary/aromatic N) is 4. The highest BCUT2D eigenvalue weighted by molar-refractivity contribution is 5.80. The molecule has 10 fully saturated rings. The second kappa shape index (κ2) is 11.2. The van der Waals surface area contributed by atoms with E-state index in [1.54, 1.807) is 9.80 Å². The van der Waals surface area contributed by atoms with Crippen LogP contribution in [0.3, 0.4) is 0 Å². The minimum Gasteiger partial charge on any atom is -0.326 e. The summed E-state index contributed by atoms with van der Waals surface area (Å²) in [5.74, 6) is 1.92. The highest BCUT2D eigenvalue weighted by Crippen LogP contribution is 2.67. The molecule has 8 bridgehead atoms. The summed E-state index contributed by atoms with van der Waals surface area (Å²) in [6, 6.07) is 4.16. The van der Waals surface area contributed by atoms with Crippen LogP contribution in [0.1, 0.15) is 130 Å². The van der Waals surface area contributed by atoms with Crippen molar-refractivity contribution in [3.63, 3.8) is 0 Å². The molecule has 10 rings (SSSR count). The van der Waals surface area contributed by atoms with Crippen LogP contribution in [0.5, 0.6) is 0 Å². The molecule has 8 heteroatoms. The highest BCUT2D eigenvalue weighted by atomic mass is 16.2. The molecular weight excluding hydrogens is 572 g/mol. The number of carbonyl (C=O) groups is 2. The van der Waals surface area contributed by atoms with E-state index in [-0.39, 0.29) is 35.0 Å². The number of hydrogen-bond donors (Lipinski definition) is 2. The lowest BCUT2D eigenvalue weighted by Crippen LogP contribution is -2.65. The summed E-state index contributed by atoms with van der Waals surface area (Å²) in [6.07, 6.45) is 19.2. The second-order valence-electron chi connectivity index (χ2n) is 19.3. The van der Waals surface area contributed by atoms with Gasteiger partial charge in [-0.25, -0.2) is 0 Å². The van der Waals surface area contributed by atoms with E-state index in [4.69, 9.17) is 0 Å². The van der Waals surface area contributed by atoms with E-state index in [0.717, 1.165) is 50.6 Å². The number of hydrogen-bond acceptors (Lipinski definition) is 6. The third-order valence-electron chi connectivity index (χ3n) is 13.9. The van der Waals surface area contributed by atoms with Crippen LogP contribution in [0.2, 0.25) is 0 Å². The van der Waals surface area contributed by atoms with E-state index in [9.17, 15) is 20.1 Å². The molecule has 252 valence electrons. The predicted molar refractivity (Wildman–Crippen MR) is 177 cm³/mol. The SMILES string of the molecule is CC12CC3CC(C)(C1)CC(NCC(=O)N1CCC[C@H]1C#N)(C3)C2.CC12CC3CC(C)(C1)CC(NCC(=O)N1CCC[C@H]1C#N)(C3)C2. The Labute approximate surface area is 277 Å². The molecule has 0 aromatic carbocycles. The standard InChI is InChI=1S/2C19H29N3O/c2*1-17-6-14-7-18(2,11-17)13-19(8-14,12-17)21-10-16(23)22-5-3-4-15(22)9-20/h2*14-15,21H,3-8,10-13H2,1-2H3/t2*14?,15-,17?,18?,19?/m00/s1. The molecule has 2 heterocycles. The lowest BCUT2D eigenvalue weighted by atomic mass is 9.42. The van der Waals surface area contributed by atoms with Crippen LogP contribution >= 0.6 is 0 Å². The molecule has 0 spiro atoms. The van der Waals surface area contributed by atoms with Crippen molar-refractivity contribution in [2.45, 2.75) is 154 Å². The molecule has 0 aromatic rings. The summed E-state index contributed by atoms with van der Waals surface area (Å²) in [6.45, 7) is 12.2. The first-order valence-corrected chi connectivity index (χ1v) is 18.6. The molecule has 6 atom stereocenters. The third kappa shape index (κ3) is 6.00. The molecule has 8 saturated carbocycles. The van der Waals surface area contributed by atoms with Crippen LogP contribution in [0.25, 0.3) is 0 Å². The molecule has 2 saturated heterocycles. The average Bonchev–Trinajstić information content (AvgIpc) is 3.61. The predicted octanol–water partition coefficient (Wildman–Crippen LogP) is 5.68. The molecule has 8 aliphatic carbocycles. The maximum Gasteiger partial charge on any atom is 0.237 e. The molecule has 2 aliphatic heterocycles. The zero-order valence-corrected chi connectivity index (χ0v) is 29.1. The first kappa shape index (κ1) is 32.4. The Kier molecular flexibility index (Phi) is 7.88. The summed E-state index contributed by atoms with van der Waals surface area (Å²) in [5, 5.41) is 25.8. The molecule has 0 radical (unpaired) electrons. The van der Waals surface area contributed by atoms with Crippen molar-refractivity contribution in [3.8, 4) is 12.1 Å². The number of nitriles is 2. The fraction of sp³-hybridized carbons (Fsp3) is 0.895. The van der Waals surface area contributed by atoms with Crippen LogP contribution in [0.4, 0.5) is 0 Å². The van der Waals surface area contributed by atoms with Gasteiger partial charge in [-0.05, 0) is 136 Å². The second-order valence-corrected chi connectivity index (χ2v) is 19.3. The largest absolute Gasteiger partial charge is 0.326 e. The van der Waals surface area contributed by atoms with E-state index in [0.29, 0.717) is 34.7 Å². The maximum absolute atomic E-state index is 12.6. The summed E-state index contributed by atoms with van der Waals surface area (Å²) in [4.78, 5) is 28.7. The van der Waals surface area contributed by atoms with E-state index < -0.39 is 0 Å². The highest BCUT2D eigenvalue weighted by Gasteiger charge is 2.61. The van der Waals surface area contributed by atoms with Crippen LogP contribution in [0, 0.1) is 56.2 Å². The average molecular weight is 631 g/mol. The fourth-order valence-electron chi connectivity index (χ4n) is 14.4. The van der Waals surface area contributed by atoms with Gasteiger partial charge in [0.15, 0.2) is 0 Å². The van der Waals surface area contributed by atoms with Crippen molar-refractivity contribution in [3.05, 3.63) is 0 Å². The quantitative estimate of drug-likeness (QED) is 0.391.